The lowest BCUT2D eigenvalue weighted by atomic mass is 10.0. The zero-order valence-electron chi connectivity index (χ0n) is 12.4. The monoisotopic (exact) mass is 285 g/mol. The minimum atomic E-state index is 0.374. The molecular weight excluding hydrogens is 266 g/mol. The molecule has 2 aromatic rings. The Bertz CT molecular complexity index is 697. The van der Waals surface area contributed by atoms with Crippen LogP contribution >= 0.6 is 0 Å². The predicted molar refractivity (Wildman–Crippen MR) is 83.3 cm³/mol. The molecule has 0 radical (unpaired) electrons. The van der Waals surface area contributed by atoms with Gasteiger partial charge in [-0.3, -0.25) is 4.79 Å². The molecule has 0 saturated carbocycles. The Balaban J connectivity index is 2.17. The van der Waals surface area contributed by atoms with Crippen LogP contribution in [0.1, 0.15) is 34.9 Å². The molecule has 1 aromatic carbocycles. The molecule has 0 aliphatic carbocycles. The van der Waals surface area contributed by atoms with Gasteiger partial charge in [0, 0.05) is 22.7 Å². The van der Waals surface area contributed by atoms with Gasteiger partial charge in [-0.05, 0) is 63.3 Å². The smallest absolute Gasteiger partial charge is 0.152 e. The minimum absolute atomic E-state index is 0.374. The maximum Gasteiger partial charge on any atom is 0.152 e. The lowest BCUT2D eigenvalue weighted by Gasteiger charge is -2.31. The Kier molecular flexibility index (Phi) is 3.59. The van der Waals surface area contributed by atoms with E-state index < -0.39 is 0 Å². The number of aldehydes is 1. The van der Waals surface area contributed by atoms with Gasteiger partial charge in [-0.2, -0.15) is 0 Å². The van der Waals surface area contributed by atoms with E-state index in [1.807, 2.05) is 13.0 Å². The summed E-state index contributed by atoms with van der Waals surface area (Å²) in [6.45, 7) is 4.08. The van der Waals surface area contributed by atoms with Gasteiger partial charge in [0.15, 0.2) is 6.29 Å². The number of nitroso groups, excluding NO2 is 1. The fourth-order valence-corrected chi connectivity index (χ4v) is 3.38. The molecule has 21 heavy (non-hydrogen) atoms. The molecule has 0 atom stereocenters. The topological polar surface area (TPSA) is 54.7 Å². The summed E-state index contributed by atoms with van der Waals surface area (Å²) in [5.74, 6) is 0. The Morgan fingerprint density at radius 1 is 1.29 bits per heavy atom. The van der Waals surface area contributed by atoms with Gasteiger partial charge in [0.25, 0.3) is 0 Å². The van der Waals surface area contributed by atoms with Gasteiger partial charge >= 0.3 is 0 Å². The summed E-state index contributed by atoms with van der Waals surface area (Å²) >= 11 is 0. The number of fused-ring (bicyclic) bond motifs is 1. The predicted octanol–water partition coefficient (Wildman–Crippen LogP) is 3.43. The quantitative estimate of drug-likeness (QED) is 0.641. The second kappa shape index (κ2) is 5.41. The van der Waals surface area contributed by atoms with Crippen molar-refractivity contribution in [2.45, 2.75) is 25.8 Å². The third kappa shape index (κ3) is 2.27. The molecule has 0 bridgehead atoms. The summed E-state index contributed by atoms with van der Waals surface area (Å²) < 4.78 is 2.22. The van der Waals surface area contributed by atoms with E-state index in [0.717, 1.165) is 54.4 Å². The van der Waals surface area contributed by atoms with Crippen LogP contribution in [0.5, 0.6) is 0 Å². The number of carbonyl (C=O) groups is 1. The van der Waals surface area contributed by atoms with E-state index in [1.54, 1.807) is 12.1 Å². The fraction of sp³-hybridized carbons (Fsp3) is 0.438. The fourth-order valence-electron chi connectivity index (χ4n) is 3.38. The van der Waals surface area contributed by atoms with Crippen molar-refractivity contribution in [2.75, 3.05) is 20.1 Å². The number of hydrogen-bond donors (Lipinski definition) is 0. The maximum absolute atomic E-state index is 11.4. The first kappa shape index (κ1) is 13.9. The van der Waals surface area contributed by atoms with Crippen molar-refractivity contribution < 1.29 is 4.79 Å². The van der Waals surface area contributed by atoms with Gasteiger partial charge in [-0.15, -0.1) is 4.91 Å². The van der Waals surface area contributed by atoms with Gasteiger partial charge in [-0.1, -0.05) is 0 Å². The molecule has 5 nitrogen and oxygen atoms in total. The molecule has 2 heterocycles. The van der Waals surface area contributed by atoms with E-state index >= 15 is 0 Å². The molecule has 5 heteroatoms. The average molecular weight is 285 g/mol. The van der Waals surface area contributed by atoms with Crippen LogP contribution in [0.4, 0.5) is 5.69 Å². The van der Waals surface area contributed by atoms with E-state index in [-0.39, 0.29) is 0 Å². The Hall–Kier alpha value is -2.01. The van der Waals surface area contributed by atoms with Crippen molar-refractivity contribution in [3.05, 3.63) is 34.4 Å². The highest BCUT2D eigenvalue weighted by Gasteiger charge is 2.23. The number of hydrogen-bond acceptors (Lipinski definition) is 4. The van der Waals surface area contributed by atoms with Crippen molar-refractivity contribution in [1.82, 2.24) is 9.47 Å². The zero-order valence-corrected chi connectivity index (χ0v) is 12.4. The lowest BCUT2D eigenvalue weighted by Crippen LogP contribution is -2.31. The highest BCUT2D eigenvalue weighted by atomic mass is 16.3. The van der Waals surface area contributed by atoms with Crippen molar-refractivity contribution in [1.29, 1.82) is 0 Å². The van der Waals surface area contributed by atoms with Gasteiger partial charge in [-0.25, -0.2) is 0 Å². The van der Waals surface area contributed by atoms with Crippen LogP contribution in [0.25, 0.3) is 10.9 Å². The molecule has 3 rings (SSSR count). The van der Waals surface area contributed by atoms with Gasteiger partial charge in [0.2, 0.25) is 0 Å². The van der Waals surface area contributed by atoms with E-state index in [2.05, 4.69) is 21.7 Å². The molecule has 1 aliphatic rings. The molecule has 0 unspecified atom stereocenters. The first-order chi connectivity index (χ1) is 10.2. The van der Waals surface area contributed by atoms with Crippen LogP contribution < -0.4 is 0 Å². The second-order valence-corrected chi connectivity index (χ2v) is 5.81. The van der Waals surface area contributed by atoms with Gasteiger partial charge in [0.1, 0.15) is 5.69 Å². The zero-order chi connectivity index (χ0) is 15.0. The molecule has 1 fully saturated rings. The Morgan fingerprint density at radius 2 is 2.00 bits per heavy atom. The van der Waals surface area contributed by atoms with Crippen LogP contribution in [0.2, 0.25) is 0 Å². The molecule has 1 aromatic heterocycles. The molecule has 1 aliphatic heterocycles. The summed E-state index contributed by atoms with van der Waals surface area (Å²) in [4.78, 5) is 24.6. The number of piperidine rings is 1. The largest absolute Gasteiger partial charge is 0.341 e. The minimum Gasteiger partial charge on any atom is -0.341 e. The number of likely N-dealkylation sites (tertiary alicyclic amines) is 1. The molecule has 1 saturated heterocycles. The normalized spacial score (nSPS) is 17.2. The SMILES string of the molecule is Cc1c(C=O)c2ccc(N=O)cc2n1C1CCN(C)CC1. The third-order valence-corrected chi connectivity index (χ3v) is 4.56. The van der Waals surface area contributed by atoms with Crippen molar-refractivity contribution in [3.63, 3.8) is 0 Å². The summed E-state index contributed by atoms with van der Waals surface area (Å²) in [5, 5.41) is 3.93. The third-order valence-electron chi connectivity index (χ3n) is 4.56. The first-order valence-electron chi connectivity index (χ1n) is 7.27. The number of benzene rings is 1. The van der Waals surface area contributed by atoms with Crippen molar-refractivity contribution in [2.24, 2.45) is 5.18 Å². The van der Waals surface area contributed by atoms with Gasteiger partial charge in [0.05, 0.1) is 5.52 Å². The summed E-state index contributed by atoms with van der Waals surface area (Å²) in [6.07, 6.45) is 3.02. The number of aromatic nitrogens is 1. The molecular formula is C16H19N3O2. The molecule has 0 amide bonds. The maximum atomic E-state index is 11.4. The van der Waals surface area contributed by atoms with Crippen LogP contribution in [0.15, 0.2) is 23.4 Å². The summed E-state index contributed by atoms with van der Waals surface area (Å²) in [5.41, 5.74) is 3.06. The van der Waals surface area contributed by atoms with Crippen molar-refractivity contribution >= 4 is 22.9 Å². The van der Waals surface area contributed by atoms with Crippen LogP contribution in [0.3, 0.4) is 0 Å². The lowest BCUT2D eigenvalue weighted by molar-refractivity contribution is 0.112. The van der Waals surface area contributed by atoms with Crippen molar-refractivity contribution in [3.8, 4) is 0 Å². The first-order valence-corrected chi connectivity index (χ1v) is 7.27. The van der Waals surface area contributed by atoms with Gasteiger partial charge < -0.3 is 9.47 Å². The van der Waals surface area contributed by atoms with E-state index in [4.69, 9.17) is 0 Å². The molecule has 0 N–H and O–H groups in total. The Morgan fingerprint density at radius 3 is 2.62 bits per heavy atom. The van der Waals surface area contributed by atoms with E-state index in [9.17, 15) is 9.70 Å². The van der Waals surface area contributed by atoms with E-state index in [0.29, 0.717) is 11.7 Å². The molecule has 110 valence electrons. The van der Waals surface area contributed by atoms with E-state index in [1.165, 1.54) is 0 Å². The number of rotatable bonds is 3. The highest BCUT2D eigenvalue weighted by Crippen LogP contribution is 2.34. The summed E-state index contributed by atoms with van der Waals surface area (Å²) in [6, 6.07) is 5.66. The Labute approximate surface area is 123 Å². The second-order valence-electron chi connectivity index (χ2n) is 5.81. The van der Waals surface area contributed by atoms with Crippen LogP contribution in [-0.4, -0.2) is 35.9 Å². The number of nitrogens with zero attached hydrogens (tertiary/aromatic N) is 3. The average Bonchev–Trinajstić information content (AvgIpc) is 2.78. The standard InChI is InChI=1S/C16H19N3O2/c1-11-15(10-20)14-4-3-12(17-21)9-16(14)19(11)13-5-7-18(2)8-6-13/h3-4,9-10,13H,5-8H2,1-2H3. The summed E-state index contributed by atoms with van der Waals surface area (Å²) in [7, 11) is 2.13. The highest BCUT2D eigenvalue weighted by molar-refractivity contribution is 6.00. The van der Waals surface area contributed by atoms with Crippen LogP contribution in [0, 0.1) is 11.8 Å². The number of carbonyl (C=O) groups excluding carboxylic acids is 1. The van der Waals surface area contributed by atoms with Crippen LogP contribution in [-0.2, 0) is 0 Å². The molecule has 0 spiro atoms.